The molecule has 1 aliphatic heterocycles. The first-order chi connectivity index (χ1) is 11.5. The molecule has 0 spiro atoms. The number of ether oxygens (including phenoxy) is 1. The molecule has 24 heavy (non-hydrogen) atoms. The SMILES string of the molecule is Cn1ccc(C(=O)N2C[C@@H](COc3ccccc3)[C@H](C(N)=O)C2)n1. The minimum atomic E-state index is -0.415. The minimum Gasteiger partial charge on any atom is -0.493 e. The number of hydrogen-bond acceptors (Lipinski definition) is 4. The van der Waals surface area contributed by atoms with Gasteiger partial charge in [0.15, 0.2) is 0 Å². The van der Waals surface area contributed by atoms with Crippen LogP contribution in [0.2, 0.25) is 0 Å². The summed E-state index contributed by atoms with van der Waals surface area (Å²) in [5.41, 5.74) is 5.88. The molecule has 0 aliphatic carbocycles. The second kappa shape index (κ2) is 6.74. The van der Waals surface area contributed by atoms with E-state index in [2.05, 4.69) is 5.10 Å². The van der Waals surface area contributed by atoms with Gasteiger partial charge in [0.05, 0.1) is 12.5 Å². The summed E-state index contributed by atoms with van der Waals surface area (Å²) in [7, 11) is 1.75. The molecule has 1 aromatic heterocycles. The van der Waals surface area contributed by atoms with Gasteiger partial charge in [-0.3, -0.25) is 14.3 Å². The van der Waals surface area contributed by atoms with Crippen molar-refractivity contribution in [3.8, 4) is 5.75 Å². The Kier molecular flexibility index (Phi) is 4.50. The van der Waals surface area contributed by atoms with Crippen molar-refractivity contribution in [1.82, 2.24) is 14.7 Å². The van der Waals surface area contributed by atoms with Gasteiger partial charge in [0, 0.05) is 32.3 Å². The number of likely N-dealkylation sites (tertiary alicyclic amines) is 1. The fraction of sp³-hybridized carbons (Fsp3) is 0.353. The van der Waals surface area contributed by atoms with Crippen molar-refractivity contribution in [3.63, 3.8) is 0 Å². The normalized spacial score (nSPS) is 20.1. The van der Waals surface area contributed by atoms with Crippen LogP contribution in [0.4, 0.5) is 0 Å². The molecule has 1 fully saturated rings. The van der Waals surface area contributed by atoms with Gasteiger partial charge >= 0.3 is 0 Å². The number of rotatable bonds is 5. The highest BCUT2D eigenvalue weighted by molar-refractivity contribution is 5.93. The van der Waals surface area contributed by atoms with Crippen LogP contribution in [0.5, 0.6) is 5.75 Å². The van der Waals surface area contributed by atoms with E-state index in [0.717, 1.165) is 5.75 Å². The van der Waals surface area contributed by atoms with Crippen LogP contribution in [-0.2, 0) is 11.8 Å². The number of nitrogens with two attached hydrogens (primary N) is 1. The molecule has 1 aromatic carbocycles. The summed E-state index contributed by atoms with van der Waals surface area (Å²) in [5, 5.41) is 4.12. The summed E-state index contributed by atoms with van der Waals surface area (Å²) >= 11 is 0. The van der Waals surface area contributed by atoms with Gasteiger partial charge in [-0.15, -0.1) is 0 Å². The number of carbonyl (C=O) groups excluding carboxylic acids is 2. The maximum Gasteiger partial charge on any atom is 0.274 e. The second-order valence-corrected chi connectivity index (χ2v) is 5.98. The number of carbonyl (C=O) groups is 2. The van der Waals surface area contributed by atoms with Gasteiger partial charge in [-0.2, -0.15) is 5.10 Å². The van der Waals surface area contributed by atoms with Gasteiger partial charge in [0.2, 0.25) is 5.91 Å². The highest BCUT2D eigenvalue weighted by atomic mass is 16.5. The monoisotopic (exact) mass is 328 g/mol. The van der Waals surface area contributed by atoms with Crippen molar-refractivity contribution in [1.29, 1.82) is 0 Å². The lowest BCUT2D eigenvalue weighted by Crippen LogP contribution is -2.33. The third-order valence-corrected chi connectivity index (χ3v) is 4.23. The van der Waals surface area contributed by atoms with E-state index < -0.39 is 11.8 Å². The lowest BCUT2D eigenvalue weighted by atomic mass is 9.96. The summed E-state index contributed by atoms with van der Waals surface area (Å²) in [5.74, 6) is -0.413. The highest BCUT2D eigenvalue weighted by Gasteiger charge is 2.39. The molecule has 1 saturated heterocycles. The summed E-state index contributed by atoms with van der Waals surface area (Å²) in [4.78, 5) is 25.9. The van der Waals surface area contributed by atoms with Crippen LogP contribution < -0.4 is 10.5 Å². The fourth-order valence-corrected chi connectivity index (χ4v) is 2.94. The molecule has 0 saturated carbocycles. The van der Waals surface area contributed by atoms with Crippen LogP contribution in [0.15, 0.2) is 42.6 Å². The van der Waals surface area contributed by atoms with Crippen LogP contribution in [0, 0.1) is 11.8 Å². The zero-order valence-corrected chi connectivity index (χ0v) is 13.5. The Morgan fingerprint density at radius 1 is 1.25 bits per heavy atom. The van der Waals surface area contributed by atoms with Crippen LogP contribution in [0.25, 0.3) is 0 Å². The molecule has 0 radical (unpaired) electrons. The molecule has 3 rings (SSSR count). The first-order valence-corrected chi connectivity index (χ1v) is 7.80. The molecule has 2 atom stereocenters. The zero-order valence-electron chi connectivity index (χ0n) is 13.5. The average molecular weight is 328 g/mol. The number of benzene rings is 1. The predicted molar refractivity (Wildman–Crippen MR) is 87.2 cm³/mol. The number of aromatic nitrogens is 2. The molecule has 7 nitrogen and oxygen atoms in total. The average Bonchev–Trinajstić information content (AvgIpc) is 3.20. The van der Waals surface area contributed by atoms with E-state index in [9.17, 15) is 9.59 Å². The van der Waals surface area contributed by atoms with E-state index in [1.54, 1.807) is 28.9 Å². The van der Waals surface area contributed by atoms with Crippen molar-refractivity contribution in [2.45, 2.75) is 0 Å². The Balaban J connectivity index is 1.67. The van der Waals surface area contributed by atoms with Crippen molar-refractivity contribution >= 4 is 11.8 Å². The smallest absolute Gasteiger partial charge is 0.274 e. The van der Waals surface area contributed by atoms with Crippen LogP contribution >= 0.6 is 0 Å². The molecular formula is C17H20N4O3. The van der Waals surface area contributed by atoms with E-state index in [1.807, 2.05) is 30.3 Å². The number of nitrogens with zero attached hydrogens (tertiary/aromatic N) is 3. The van der Waals surface area contributed by atoms with Crippen molar-refractivity contribution < 1.29 is 14.3 Å². The number of primary amides is 1. The van der Waals surface area contributed by atoms with Crippen molar-refractivity contribution in [3.05, 3.63) is 48.3 Å². The van der Waals surface area contributed by atoms with Crippen LogP contribution in [0.1, 0.15) is 10.5 Å². The van der Waals surface area contributed by atoms with Crippen LogP contribution in [-0.4, -0.2) is 46.2 Å². The Bertz CT molecular complexity index is 728. The van der Waals surface area contributed by atoms with Crippen LogP contribution in [0.3, 0.4) is 0 Å². The first kappa shape index (κ1) is 16.0. The molecule has 126 valence electrons. The molecule has 2 heterocycles. The maximum absolute atomic E-state index is 12.5. The number of hydrogen-bond donors (Lipinski definition) is 1. The second-order valence-electron chi connectivity index (χ2n) is 5.98. The van der Waals surface area contributed by atoms with Crippen molar-refractivity contribution in [2.75, 3.05) is 19.7 Å². The number of para-hydroxylation sites is 1. The molecule has 2 aromatic rings. The van der Waals surface area contributed by atoms with E-state index in [1.165, 1.54) is 0 Å². The molecular weight excluding hydrogens is 308 g/mol. The molecule has 2 N–H and O–H groups in total. The van der Waals surface area contributed by atoms with E-state index in [0.29, 0.717) is 25.4 Å². The Morgan fingerprint density at radius 2 is 2.00 bits per heavy atom. The lowest BCUT2D eigenvalue weighted by Gasteiger charge is -2.16. The summed E-state index contributed by atoms with van der Waals surface area (Å²) in [6, 6.07) is 11.0. The molecule has 0 unspecified atom stereocenters. The first-order valence-electron chi connectivity index (χ1n) is 7.80. The molecule has 7 heteroatoms. The minimum absolute atomic E-state index is 0.129. The van der Waals surface area contributed by atoms with E-state index >= 15 is 0 Å². The van der Waals surface area contributed by atoms with Gasteiger partial charge in [-0.05, 0) is 18.2 Å². The molecule has 1 aliphatic rings. The maximum atomic E-state index is 12.5. The Labute approximate surface area is 140 Å². The summed E-state index contributed by atoms with van der Waals surface area (Å²) < 4.78 is 7.32. The number of aryl methyl sites for hydroxylation is 1. The van der Waals surface area contributed by atoms with Gasteiger partial charge in [0.25, 0.3) is 5.91 Å². The van der Waals surface area contributed by atoms with Crippen molar-refractivity contribution in [2.24, 2.45) is 24.6 Å². The Hall–Kier alpha value is -2.83. The largest absolute Gasteiger partial charge is 0.493 e. The molecule has 2 amide bonds. The third-order valence-electron chi connectivity index (χ3n) is 4.23. The number of amides is 2. The topological polar surface area (TPSA) is 90.5 Å². The third kappa shape index (κ3) is 3.40. The quantitative estimate of drug-likeness (QED) is 0.873. The van der Waals surface area contributed by atoms with Gasteiger partial charge in [-0.1, -0.05) is 18.2 Å². The predicted octanol–water partition coefficient (Wildman–Crippen LogP) is 0.673. The summed E-state index contributed by atoms with van der Waals surface area (Å²) in [6.07, 6.45) is 1.71. The fourth-order valence-electron chi connectivity index (χ4n) is 2.94. The van der Waals surface area contributed by atoms with E-state index in [-0.39, 0.29) is 11.8 Å². The van der Waals surface area contributed by atoms with Gasteiger partial charge in [0.1, 0.15) is 11.4 Å². The van der Waals surface area contributed by atoms with Gasteiger partial charge in [-0.25, -0.2) is 0 Å². The van der Waals surface area contributed by atoms with Gasteiger partial charge < -0.3 is 15.4 Å². The zero-order chi connectivity index (χ0) is 17.1. The Morgan fingerprint density at radius 3 is 2.62 bits per heavy atom. The van der Waals surface area contributed by atoms with E-state index in [4.69, 9.17) is 10.5 Å². The summed E-state index contributed by atoms with van der Waals surface area (Å²) in [6.45, 7) is 1.06. The molecule has 0 bridgehead atoms. The standard InChI is InChI=1S/C17H20N4O3/c1-20-8-7-15(19-20)17(23)21-9-12(14(10-21)16(18)22)11-24-13-5-3-2-4-6-13/h2-8,12,14H,9-11H2,1H3,(H2,18,22)/t12-,14+/m0/s1. The highest BCUT2D eigenvalue weighted by Crippen LogP contribution is 2.25. The lowest BCUT2D eigenvalue weighted by molar-refractivity contribution is -0.122.